The van der Waals surface area contributed by atoms with Crippen molar-refractivity contribution < 1.29 is 14.6 Å². The number of esters is 1. The van der Waals surface area contributed by atoms with E-state index in [2.05, 4.69) is 6.92 Å². The van der Waals surface area contributed by atoms with Crippen LogP contribution in [0.3, 0.4) is 0 Å². The lowest BCUT2D eigenvalue weighted by molar-refractivity contribution is -0.0138. The molecular weight excluding hydrogens is 288 g/mol. The lowest BCUT2D eigenvalue weighted by atomic mass is 9.66. The summed E-state index contributed by atoms with van der Waals surface area (Å²) in [6.45, 7) is 4.25. The summed E-state index contributed by atoms with van der Waals surface area (Å²) in [5, 5.41) is 10.2. The van der Waals surface area contributed by atoms with Crippen molar-refractivity contribution in [2.24, 2.45) is 5.41 Å². The first-order valence-electron chi connectivity index (χ1n) is 8.66. The highest BCUT2D eigenvalue weighted by molar-refractivity contribution is 5.89. The van der Waals surface area contributed by atoms with Gasteiger partial charge in [-0.25, -0.2) is 4.79 Å². The van der Waals surface area contributed by atoms with Crippen molar-refractivity contribution in [1.29, 1.82) is 0 Å². The van der Waals surface area contributed by atoms with Crippen molar-refractivity contribution in [3.63, 3.8) is 0 Å². The highest BCUT2D eigenvalue weighted by atomic mass is 16.5. The van der Waals surface area contributed by atoms with Crippen LogP contribution in [0.2, 0.25) is 0 Å². The molecule has 0 aliphatic heterocycles. The molecule has 0 aromatic heterocycles. The minimum atomic E-state index is -0.332. The van der Waals surface area contributed by atoms with E-state index < -0.39 is 0 Å². The van der Waals surface area contributed by atoms with Crippen molar-refractivity contribution in [2.45, 2.75) is 64.6 Å². The van der Waals surface area contributed by atoms with Gasteiger partial charge in [-0.15, -0.1) is 0 Å². The quantitative estimate of drug-likeness (QED) is 0.655. The average molecular weight is 314 g/mol. The monoisotopic (exact) mass is 314 g/mol. The number of fused-ring (bicyclic) bond motifs is 1. The highest BCUT2D eigenvalue weighted by Gasteiger charge is 2.45. The Morgan fingerprint density at radius 2 is 1.96 bits per heavy atom. The van der Waals surface area contributed by atoms with Gasteiger partial charge in [0, 0.05) is 5.41 Å². The molecule has 0 bridgehead atoms. The number of aliphatic hydroxyl groups excluding tert-OH is 1. The highest BCUT2D eigenvalue weighted by Crippen LogP contribution is 2.49. The molecule has 1 aromatic rings. The van der Waals surface area contributed by atoms with Crippen molar-refractivity contribution in [3.8, 4) is 0 Å². The number of hydrogen-bond donors (Lipinski definition) is 1. The van der Waals surface area contributed by atoms with Gasteiger partial charge in [0.05, 0.1) is 11.7 Å². The molecule has 1 fully saturated rings. The summed E-state index contributed by atoms with van der Waals surface area (Å²) in [5.74, 6) is -0.234. The number of aliphatic hydroxyl groups is 1. The van der Waals surface area contributed by atoms with E-state index in [9.17, 15) is 9.90 Å². The molecule has 1 saturated carbocycles. The lowest BCUT2D eigenvalue weighted by Crippen LogP contribution is -2.41. The number of hydrogen-bond acceptors (Lipinski definition) is 3. The van der Waals surface area contributed by atoms with Crippen LogP contribution >= 0.6 is 0 Å². The van der Waals surface area contributed by atoms with Gasteiger partial charge >= 0.3 is 5.97 Å². The summed E-state index contributed by atoms with van der Waals surface area (Å²) >= 11 is 0. The normalized spacial score (nSPS) is 31.3. The summed E-state index contributed by atoms with van der Waals surface area (Å²) in [6.07, 6.45) is 5.29. The van der Waals surface area contributed by atoms with E-state index in [0.29, 0.717) is 5.56 Å². The molecule has 2 aliphatic rings. The van der Waals surface area contributed by atoms with E-state index in [1.165, 1.54) is 5.57 Å². The van der Waals surface area contributed by atoms with Crippen LogP contribution in [0.25, 0.3) is 0 Å². The van der Waals surface area contributed by atoms with Gasteiger partial charge in [0.2, 0.25) is 0 Å². The number of carbonyl (C=O) groups excluding carboxylic acids is 1. The molecule has 124 valence electrons. The fourth-order valence-corrected chi connectivity index (χ4v) is 4.20. The molecule has 3 nitrogen and oxygen atoms in total. The largest absolute Gasteiger partial charge is 0.458 e. The second kappa shape index (κ2) is 6.48. The topological polar surface area (TPSA) is 46.5 Å². The molecule has 0 saturated heterocycles. The van der Waals surface area contributed by atoms with Gasteiger partial charge in [-0.1, -0.05) is 30.7 Å². The van der Waals surface area contributed by atoms with Crippen LogP contribution in [0, 0.1) is 5.41 Å². The van der Waals surface area contributed by atoms with Gasteiger partial charge in [0.25, 0.3) is 0 Å². The average Bonchev–Trinajstić information content (AvgIpc) is 2.72. The molecule has 1 aromatic carbocycles. The number of ether oxygens (including phenoxy) is 1. The zero-order chi connectivity index (χ0) is 16.4. The summed E-state index contributed by atoms with van der Waals surface area (Å²) in [6, 6.07) is 9.22. The van der Waals surface area contributed by atoms with Gasteiger partial charge < -0.3 is 9.84 Å². The summed E-state index contributed by atoms with van der Waals surface area (Å²) < 4.78 is 5.96. The third-order valence-corrected chi connectivity index (χ3v) is 5.71. The Bertz CT molecular complexity index is 605. The first-order valence-corrected chi connectivity index (χ1v) is 8.66. The molecule has 0 spiro atoms. The molecule has 0 amide bonds. The van der Waals surface area contributed by atoms with Crippen LogP contribution in [0.1, 0.15) is 62.7 Å². The third-order valence-electron chi connectivity index (χ3n) is 5.71. The van der Waals surface area contributed by atoms with Crippen LogP contribution < -0.4 is 0 Å². The van der Waals surface area contributed by atoms with Crippen LogP contribution in [0.15, 0.2) is 41.5 Å². The van der Waals surface area contributed by atoms with Crippen LogP contribution in [0.5, 0.6) is 0 Å². The van der Waals surface area contributed by atoms with E-state index in [1.807, 2.05) is 25.1 Å². The minimum absolute atomic E-state index is 0.102. The molecule has 23 heavy (non-hydrogen) atoms. The SMILES string of the molecule is CC1=C2CCCC[C@H](OC(=O)c3ccccc3)[C@@]2(C)CC[C@@H]1O. The fourth-order valence-electron chi connectivity index (χ4n) is 4.20. The second-order valence-electron chi connectivity index (χ2n) is 7.14. The minimum Gasteiger partial charge on any atom is -0.458 e. The Kier molecular flexibility index (Phi) is 4.58. The third kappa shape index (κ3) is 3.07. The van der Waals surface area contributed by atoms with Crippen LogP contribution in [-0.2, 0) is 4.74 Å². The van der Waals surface area contributed by atoms with Crippen molar-refractivity contribution >= 4 is 5.97 Å². The Hall–Kier alpha value is -1.61. The second-order valence-corrected chi connectivity index (χ2v) is 7.14. The van der Waals surface area contributed by atoms with E-state index in [-0.39, 0.29) is 23.6 Å². The summed E-state index contributed by atoms with van der Waals surface area (Å²) in [7, 11) is 0. The first kappa shape index (κ1) is 16.3. The lowest BCUT2D eigenvalue weighted by Gasteiger charge is -2.43. The maximum absolute atomic E-state index is 12.5. The predicted octanol–water partition coefficient (Wildman–Crippen LogP) is 4.26. The van der Waals surface area contributed by atoms with Gasteiger partial charge in [0.1, 0.15) is 6.10 Å². The van der Waals surface area contributed by atoms with E-state index >= 15 is 0 Å². The molecule has 0 radical (unpaired) electrons. The Balaban J connectivity index is 1.88. The number of rotatable bonds is 2. The van der Waals surface area contributed by atoms with E-state index in [0.717, 1.165) is 44.1 Å². The van der Waals surface area contributed by atoms with Crippen molar-refractivity contribution in [3.05, 3.63) is 47.0 Å². The Labute approximate surface area is 138 Å². The zero-order valence-electron chi connectivity index (χ0n) is 14.0. The van der Waals surface area contributed by atoms with Crippen molar-refractivity contribution in [2.75, 3.05) is 0 Å². The molecular formula is C20H26O3. The van der Waals surface area contributed by atoms with Crippen molar-refractivity contribution in [1.82, 2.24) is 0 Å². The van der Waals surface area contributed by atoms with Crippen LogP contribution in [0.4, 0.5) is 0 Å². The van der Waals surface area contributed by atoms with E-state index in [4.69, 9.17) is 4.74 Å². The Morgan fingerprint density at radius 3 is 2.70 bits per heavy atom. The molecule has 3 rings (SSSR count). The van der Waals surface area contributed by atoms with Crippen LogP contribution in [-0.4, -0.2) is 23.3 Å². The number of benzene rings is 1. The molecule has 0 heterocycles. The first-order chi connectivity index (χ1) is 11.0. The summed E-state index contributed by atoms with van der Waals surface area (Å²) in [5.41, 5.74) is 2.89. The summed E-state index contributed by atoms with van der Waals surface area (Å²) in [4.78, 5) is 12.5. The molecule has 0 unspecified atom stereocenters. The Morgan fingerprint density at radius 1 is 1.22 bits per heavy atom. The van der Waals surface area contributed by atoms with Gasteiger partial charge in [-0.05, 0) is 63.2 Å². The van der Waals surface area contributed by atoms with E-state index in [1.54, 1.807) is 12.1 Å². The molecule has 3 heteroatoms. The number of carbonyl (C=O) groups is 1. The predicted molar refractivity (Wildman–Crippen MR) is 90.2 cm³/mol. The molecule has 1 N–H and O–H groups in total. The maximum Gasteiger partial charge on any atom is 0.338 e. The maximum atomic E-state index is 12.5. The van der Waals surface area contributed by atoms with Gasteiger partial charge in [-0.2, -0.15) is 0 Å². The smallest absolute Gasteiger partial charge is 0.338 e. The standard InChI is InChI=1S/C20H26O3/c1-14-16-10-6-7-11-18(20(16,2)13-12-17(14)21)23-19(22)15-8-4-3-5-9-15/h3-5,8-9,17-18,21H,6-7,10-13H2,1-2H3/t17-,18-,20-/m0/s1. The van der Waals surface area contributed by atoms with Gasteiger partial charge in [0.15, 0.2) is 0 Å². The van der Waals surface area contributed by atoms with Gasteiger partial charge in [-0.3, -0.25) is 0 Å². The zero-order valence-corrected chi connectivity index (χ0v) is 14.0. The molecule has 3 atom stereocenters. The fraction of sp³-hybridized carbons (Fsp3) is 0.550. The molecule has 2 aliphatic carbocycles.